The van der Waals surface area contributed by atoms with Crippen LogP contribution in [0.1, 0.15) is 22.3 Å². The largest absolute Gasteiger partial charge is 0.497 e. The number of nitrogens with zero attached hydrogens (tertiary/aromatic N) is 1. The second kappa shape index (κ2) is 9.18. The van der Waals surface area contributed by atoms with Crippen molar-refractivity contribution in [2.24, 2.45) is 0 Å². The summed E-state index contributed by atoms with van der Waals surface area (Å²) in [6, 6.07) is 10.5. The van der Waals surface area contributed by atoms with Gasteiger partial charge in [0.2, 0.25) is 5.91 Å². The number of aryl methyl sites for hydroxylation is 1. The predicted molar refractivity (Wildman–Crippen MR) is 96.6 cm³/mol. The average molecular weight is 373 g/mol. The predicted octanol–water partition coefficient (Wildman–Crippen LogP) is 2.01. The maximum atomic E-state index is 12.0. The summed E-state index contributed by atoms with van der Waals surface area (Å²) >= 11 is 0. The van der Waals surface area contributed by atoms with Crippen molar-refractivity contribution in [2.75, 3.05) is 14.2 Å². The van der Waals surface area contributed by atoms with Crippen molar-refractivity contribution in [3.05, 3.63) is 63.7 Å². The number of hydrogen-bond donors (Lipinski definition) is 2. The molecule has 0 aliphatic carbocycles. The van der Waals surface area contributed by atoms with E-state index >= 15 is 0 Å². The first-order valence-electron chi connectivity index (χ1n) is 7.98. The molecule has 0 saturated carbocycles. The Morgan fingerprint density at radius 3 is 2.30 bits per heavy atom. The minimum atomic E-state index is -0.643. The van der Waals surface area contributed by atoms with E-state index in [1.54, 1.807) is 18.2 Å². The van der Waals surface area contributed by atoms with Crippen LogP contribution in [0.4, 0.5) is 5.69 Å². The number of nitro benzene ring substituents is 1. The summed E-state index contributed by atoms with van der Waals surface area (Å²) in [5, 5.41) is 10.7. The van der Waals surface area contributed by atoms with Crippen LogP contribution >= 0.6 is 0 Å². The van der Waals surface area contributed by atoms with Crippen molar-refractivity contribution in [3.63, 3.8) is 0 Å². The van der Waals surface area contributed by atoms with Crippen molar-refractivity contribution >= 4 is 17.5 Å². The number of methoxy groups -OCH3 is 2. The first-order chi connectivity index (χ1) is 12.9. The van der Waals surface area contributed by atoms with Crippen molar-refractivity contribution in [3.8, 4) is 11.5 Å². The number of nitro groups is 1. The molecule has 2 aromatic carbocycles. The van der Waals surface area contributed by atoms with E-state index in [4.69, 9.17) is 9.47 Å². The Hall–Kier alpha value is -3.62. The summed E-state index contributed by atoms with van der Waals surface area (Å²) < 4.78 is 10.3. The van der Waals surface area contributed by atoms with Crippen LogP contribution in [0.2, 0.25) is 0 Å². The van der Waals surface area contributed by atoms with Gasteiger partial charge in [0.1, 0.15) is 11.5 Å². The lowest BCUT2D eigenvalue weighted by atomic mass is 10.1. The van der Waals surface area contributed by atoms with Crippen LogP contribution in [0, 0.1) is 10.1 Å². The highest BCUT2D eigenvalue weighted by Gasteiger charge is 2.12. The minimum Gasteiger partial charge on any atom is -0.497 e. The van der Waals surface area contributed by atoms with E-state index in [2.05, 4.69) is 10.9 Å². The van der Waals surface area contributed by atoms with Crippen LogP contribution in [0.25, 0.3) is 0 Å². The fourth-order valence-electron chi connectivity index (χ4n) is 2.29. The molecule has 0 saturated heterocycles. The molecule has 2 rings (SSSR count). The van der Waals surface area contributed by atoms with E-state index in [-0.39, 0.29) is 17.7 Å². The maximum absolute atomic E-state index is 12.0. The Labute approximate surface area is 155 Å². The molecule has 0 radical (unpaired) electrons. The molecule has 0 spiro atoms. The number of carbonyl (C=O) groups excluding carboxylic acids is 2. The molecule has 0 aromatic heterocycles. The third-order valence-corrected chi connectivity index (χ3v) is 3.69. The molecule has 0 aliphatic heterocycles. The number of nitrogens with one attached hydrogen (secondary N) is 2. The standard InChI is InChI=1S/C18H19N3O6/c1-26-15-8-12(9-16(11-15)27-2)6-7-17(22)19-20-18(23)13-4-3-5-14(10-13)21(24)25/h3-5,8-11H,6-7H2,1-2H3,(H,19,22)(H,20,23). The molecule has 142 valence electrons. The molecule has 0 bridgehead atoms. The van der Waals surface area contributed by atoms with Gasteiger partial charge in [-0.25, -0.2) is 0 Å². The van der Waals surface area contributed by atoms with Crippen molar-refractivity contribution in [1.29, 1.82) is 0 Å². The van der Waals surface area contributed by atoms with Crippen molar-refractivity contribution in [2.45, 2.75) is 12.8 Å². The van der Waals surface area contributed by atoms with E-state index in [0.29, 0.717) is 17.9 Å². The van der Waals surface area contributed by atoms with Gasteiger partial charge in [0.15, 0.2) is 0 Å². The molecule has 2 aromatic rings. The SMILES string of the molecule is COc1cc(CCC(=O)NNC(=O)c2cccc([N+](=O)[O-])c2)cc(OC)c1. The van der Waals surface area contributed by atoms with Crippen molar-refractivity contribution in [1.82, 2.24) is 10.9 Å². The lowest BCUT2D eigenvalue weighted by Crippen LogP contribution is -2.41. The van der Waals surface area contributed by atoms with Gasteiger partial charge >= 0.3 is 0 Å². The number of carbonyl (C=O) groups is 2. The van der Waals surface area contributed by atoms with Crippen LogP contribution in [0.15, 0.2) is 42.5 Å². The van der Waals surface area contributed by atoms with E-state index in [1.807, 2.05) is 0 Å². The summed E-state index contributed by atoms with van der Waals surface area (Å²) in [6.45, 7) is 0. The van der Waals surface area contributed by atoms with Gasteiger partial charge in [-0.1, -0.05) is 6.07 Å². The molecular weight excluding hydrogens is 354 g/mol. The molecule has 0 atom stereocenters. The van der Waals surface area contributed by atoms with E-state index in [0.717, 1.165) is 11.6 Å². The average Bonchev–Trinajstić information content (AvgIpc) is 2.70. The van der Waals surface area contributed by atoms with Gasteiger partial charge in [-0.15, -0.1) is 0 Å². The molecule has 2 amide bonds. The molecule has 2 N–H and O–H groups in total. The lowest BCUT2D eigenvalue weighted by molar-refractivity contribution is -0.384. The summed E-state index contributed by atoms with van der Waals surface area (Å²) in [5.74, 6) is 0.179. The van der Waals surface area contributed by atoms with Gasteiger partial charge in [0.25, 0.3) is 11.6 Å². The lowest BCUT2D eigenvalue weighted by Gasteiger charge is -2.09. The fourth-order valence-corrected chi connectivity index (χ4v) is 2.29. The Morgan fingerprint density at radius 2 is 1.70 bits per heavy atom. The van der Waals surface area contributed by atoms with Crippen LogP contribution in [-0.2, 0) is 11.2 Å². The zero-order valence-corrected chi connectivity index (χ0v) is 14.9. The second-order valence-corrected chi connectivity index (χ2v) is 5.53. The van der Waals surface area contributed by atoms with E-state index < -0.39 is 16.7 Å². The summed E-state index contributed by atoms with van der Waals surface area (Å²) in [5.41, 5.74) is 5.23. The van der Waals surface area contributed by atoms with Gasteiger partial charge in [0, 0.05) is 30.2 Å². The molecule has 9 nitrogen and oxygen atoms in total. The number of amides is 2. The van der Waals surface area contributed by atoms with Gasteiger partial charge in [-0.05, 0) is 30.2 Å². The Balaban J connectivity index is 1.88. The zero-order chi connectivity index (χ0) is 19.8. The summed E-state index contributed by atoms with van der Waals surface area (Å²) in [4.78, 5) is 34.1. The Morgan fingerprint density at radius 1 is 1.04 bits per heavy atom. The monoisotopic (exact) mass is 373 g/mol. The van der Waals surface area contributed by atoms with Crippen LogP contribution in [0.5, 0.6) is 11.5 Å². The number of non-ortho nitro benzene ring substituents is 1. The fraction of sp³-hybridized carbons (Fsp3) is 0.222. The third kappa shape index (κ3) is 5.70. The highest BCUT2D eigenvalue weighted by molar-refractivity contribution is 5.95. The van der Waals surface area contributed by atoms with Crippen molar-refractivity contribution < 1.29 is 24.0 Å². The molecule has 0 heterocycles. The second-order valence-electron chi connectivity index (χ2n) is 5.53. The van der Waals surface area contributed by atoms with Crippen LogP contribution < -0.4 is 20.3 Å². The number of ether oxygens (including phenoxy) is 2. The minimum absolute atomic E-state index is 0.0713. The molecule has 27 heavy (non-hydrogen) atoms. The molecule has 0 unspecified atom stereocenters. The number of benzene rings is 2. The Bertz CT molecular complexity index is 830. The molecular formula is C18H19N3O6. The number of hydrogen-bond acceptors (Lipinski definition) is 6. The highest BCUT2D eigenvalue weighted by Crippen LogP contribution is 2.23. The summed E-state index contributed by atoms with van der Waals surface area (Å²) in [7, 11) is 3.07. The third-order valence-electron chi connectivity index (χ3n) is 3.69. The zero-order valence-electron chi connectivity index (χ0n) is 14.9. The quantitative estimate of drug-likeness (QED) is 0.566. The maximum Gasteiger partial charge on any atom is 0.270 e. The van der Waals surface area contributed by atoms with Crippen LogP contribution in [0.3, 0.4) is 0 Å². The van der Waals surface area contributed by atoms with E-state index in [1.165, 1.54) is 32.4 Å². The van der Waals surface area contributed by atoms with Crippen LogP contribution in [-0.4, -0.2) is 31.0 Å². The van der Waals surface area contributed by atoms with Gasteiger partial charge in [0.05, 0.1) is 19.1 Å². The smallest absolute Gasteiger partial charge is 0.270 e. The Kier molecular flexibility index (Phi) is 6.70. The van der Waals surface area contributed by atoms with Gasteiger partial charge < -0.3 is 9.47 Å². The summed E-state index contributed by atoms with van der Waals surface area (Å²) in [6.07, 6.45) is 0.525. The molecule has 0 aliphatic rings. The molecule has 9 heteroatoms. The first kappa shape index (κ1) is 19.7. The van der Waals surface area contributed by atoms with Gasteiger partial charge in [-0.2, -0.15) is 0 Å². The van der Waals surface area contributed by atoms with Gasteiger partial charge in [-0.3, -0.25) is 30.6 Å². The highest BCUT2D eigenvalue weighted by atomic mass is 16.6. The normalized spacial score (nSPS) is 10.0. The number of rotatable bonds is 7. The number of hydrazine groups is 1. The molecule has 0 fully saturated rings. The first-order valence-corrected chi connectivity index (χ1v) is 7.98. The van der Waals surface area contributed by atoms with E-state index in [9.17, 15) is 19.7 Å². The topological polar surface area (TPSA) is 120 Å².